The predicted octanol–water partition coefficient (Wildman–Crippen LogP) is 5.22. The molecular formula is C23H19BrN2O4S. The van der Waals surface area contributed by atoms with Crippen LogP contribution in [0.25, 0.3) is 22.5 Å². The normalized spacial score (nSPS) is 15.4. The number of ether oxygens (including phenoxy) is 1. The lowest BCUT2D eigenvalue weighted by molar-refractivity contribution is -0.143. The van der Waals surface area contributed by atoms with Crippen LogP contribution in [0.15, 0.2) is 51.8 Å². The Morgan fingerprint density at radius 2 is 1.84 bits per heavy atom. The van der Waals surface area contributed by atoms with Gasteiger partial charge in [-0.1, -0.05) is 40.2 Å². The molecule has 2 aromatic carbocycles. The van der Waals surface area contributed by atoms with Crippen molar-refractivity contribution in [3.63, 3.8) is 0 Å². The maximum atomic E-state index is 12.7. The highest BCUT2D eigenvalue weighted by Gasteiger charge is 2.36. The zero-order chi connectivity index (χ0) is 22.3. The SMILES string of the molecule is COC(=O)CN1C(=O)S/C(=C\c2cc(C)n(-c3ccc(Br)c4ccccc34)c2C)C1=O. The number of imide groups is 1. The van der Waals surface area contributed by atoms with Gasteiger partial charge in [0, 0.05) is 21.2 Å². The summed E-state index contributed by atoms with van der Waals surface area (Å²) in [5.41, 5.74) is 3.83. The second-order valence-electron chi connectivity index (χ2n) is 7.12. The average Bonchev–Trinajstić information content (AvgIpc) is 3.18. The molecule has 1 fully saturated rings. The number of rotatable bonds is 4. The number of amides is 2. The Balaban J connectivity index is 1.75. The molecule has 1 saturated heterocycles. The first kappa shape index (κ1) is 21.4. The number of benzene rings is 2. The molecule has 0 aliphatic carbocycles. The molecule has 6 nitrogen and oxygen atoms in total. The van der Waals surface area contributed by atoms with E-state index < -0.39 is 17.1 Å². The topological polar surface area (TPSA) is 68.6 Å². The molecule has 0 unspecified atom stereocenters. The summed E-state index contributed by atoms with van der Waals surface area (Å²) in [7, 11) is 1.22. The van der Waals surface area contributed by atoms with Gasteiger partial charge in [-0.3, -0.25) is 19.3 Å². The van der Waals surface area contributed by atoms with E-state index in [1.807, 2.05) is 38.1 Å². The van der Waals surface area contributed by atoms with Crippen molar-refractivity contribution >= 4 is 61.7 Å². The summed E-state index contributed by atoms with van der Waals surface area (Å²) in [6.07, 6.45) is 1.71. The van der Waals surface area contributed by atoms with Crippen molar-refractivity contribution in [3.05, 3.63) is 68.8 Å². The van der Waals surface area contributed by atoms with Gasteiger partial charge in [-0.25, -0.2) is 0 Å². The van der Waals surface area contributed by atoms with Crippen LogP contribution in [-0.4, -0.2) is 40.2 Å². The smallest absolute Gasteiger partial charge is 0.325 e. The lowest BCUT2D eigenvalue weighted by Gasteiger charge is -2.14. The molecule has 158 valence electrons. The van der Waals surface area contributed by atoms with E-state index in [4.69, 9.17) is 0 Å². The number of thioether (sulfide) groups is 1. The molecule has 8 heteroatoms. The van der Waals surface area contributed by atoms with Crippen molar-refractivity contribution in [1.29, 1.82) is 0 Å². The number of hydrogen-bond acceptors (Lipinski definition) is 5. The van der Waals surface area contributed by atoms with Crippen LogP contribution in [0.1, 0.15) is 17.0 Å². The first-order chi connectivity index (χ1) is 14.8. The number of halogens is 1. The molecule has 1 aromatic heterocycles. The zero-order valence-electron chi connectivity index (χ0n) is 17.1. The Labute approximate surface area is 192 Å². The predicted molar refractivity (Wildman–Crippen MR) is 125 cm³/mol. The molecule has 3 aromatic rings. The summed E-state index contributed by atoms with van der Waals surface area (Å²) in [5.74, 6) is -1.12. The number of aromatic nitrogens is 1. The van der Waals surface area contributed by atoms with E-state index in [1.54, 1.807) is 6.08 Å². The van der Waals surface area contributed by atoms with Crippen LogP contribution >= 0.6 is 27.7 Å². The van der Waals surface area contributed by atoms with Crippen molar-refractivity contribution in [1.82, 2.24) is 9.47 Å². The fourth-order valence-electron chi connectivity index (χ4n) is 3.72. The number of carbonyl (C=O) groups is 3. The summed E-state index contributed by atoms with van der Waals surface area (Å²) < 4.78 is 7.73. The van der Waals surface area contributed by atoms with E-state index in [1.165, 1.54) is 7.11 Å². The Bertz CT molecular complexity index is 1280. The molecule has 1 aliphatic heterocycles. The van der Waals surface area contributed by atoms with E-state index in [2.05, 4.69) is 43.4 Å². The minimum absolute atomic E-state index is 0.287. The summed E-state index contributed by atoms with van der Waals surface area (Å²) >= 11 is 4.44. The Morgan fingerprint density at radius 1 is 1.13 bits per heavy atom. The molecule has 0 radical (unpaired) electrons. The third kappa shape index (κ3) is 3.81. The van der Waals surface area contributed by atoms with Crippen LogP contribution in [0, 0.1) is 13.8 Å². The van der Waals surface area contributed by atoms with Crippen LogP contribution < -0.4 is 0 Å². The fourth-order valence-corrected chi connectivity index (χ4v) is 5.02. The van der Waals surface area contributed by atoms with Crippen LogP contribution in [0.3, 0.4) is 0 Å². The van der Waals surface area contributed by atoms with Gasteiger partial charge in [0.05, 0.1) is 17.7 Å². The molecule has 4 rings (SSSR count). The zero-order valence-corrected chi connectivity index (χ0v) is 19.5. The molecular weight excluding hydrogens is 480 g/mol. The molecule has 2 heterocycles. The van der Waals surface area contributed by atoms with E-state index in [9.17, 15) is 14.4 Å². The van der Waals surface area contributed by atoms with Crippen LogP contribution in [0.5, 0.6) is 0 Å². The van der Waals surface area contributed by atoms with Gasteiger partial charge in [0.15, 0.2) is 0 Å². The van der Waals surface area contributed by atoms with Crippen molar-refractivity contribution in [2.45, 2.75) is 13.8 Å². The summed E-state index contributed by atoms with van der Waals surface area (Å²) in [6, 6.07) is 14.2. The van der Waals surface area contributed by atoms with Gasteiger partial charge in [0.2, 0.25) is 0 Å². The number of fused-ring (bicyclic) bond motifs is 1. The molecule has 31 heavy (non-hydrogen) atoms. The number of methoxy groups -OCH3 is 1. The second kappa shape index (κ2) is 8.36. The van der Waals surface area contributed by atoms with E-state index in [0.29, 0.717) is 0 Å². The number of nitrogens with zero attached hydrogens (tertiary/aromatic N) is 2. The van der Waals surface area contributed by atoms with Crippen molar-refractivity contribution < 1.29 is 19.1 Å². The highest BCUT2D eigenvalue weighted by molar-refractivity contribution is 9.10. The van der Waals surface area contributed by atoms with Crippen molar-refractivity contribution in [2.24, 2.45) is 0 Å². The molecule has 0 N–H and O–H groups in total. The number of aryl methyl sites for hydroxylation is 1. The Hall–Kier alpha value is -2.84. The van der Waals surface area contributed by atoms with Crippen molar-refractivity contribution in [2.75, 3.05) is 13.7 Å². The van der Waals surface area contributed by atoms with Crippen LogP contribution in [0.4, 0.5) is 4.79 Å². The average molecular weight is 499 g/mol. The lowest BCUT2D eigenvalue weighted by Crippen LogP contribution is -2.34. The number of hydrogen-bond donors (Lipinski definition) is 0. The van der Waals surface area contributed by atoms with Crippen molar-refractivity contribution in [3.8, 4) is 5.69 Å². The molecule has 0 bridgehead atoms. The first-order valence-electron chi connectivity index (χ1n) is 9.50. The first-order valence-corrected chi connectivity index (χ1v) is 11.1. The maximum Gasteiger partial charge on any atom is 0.325 e. The minimum atomic E-state index is -0.635. The number of esters is 1. The third-order valence-electron chi connectivity index (χ3n) is 5.23. The van der Waals surface area contributed by atoms with Gasteiger partial charge < -0.3 is 9.30 Å². The molecule has 1 aliphatic rings. The highest BCUT2D eigenvalue weighted by Crippen LogP contribution is 2.35. The minimum Gasteiger partial charge on any atom is -0.468 e. The Morgan fingerprint density at radius 3 is 2.55 bits per heavy atom. The van der Waals surface area contributed by atoms with Gasteiger partial charge >= 0.3 is 5.97 Å². The van der Waals surface area contributed by atoms with Gasteiger partial charge in [-0.15, -0.1) is 0 Å². The van der Waals surface area contributed by atoms with Crippen LogP contribution in [-0.2, 0) is 14.3 Å². The Kier molecular flexibility index (Phi) is 5.77. The van der Waals surface area contributed by atoms with E-state index >= 15 is 0 Å². The van der Waals surface area contributed by atoms with Gasteiger partial charge in [0.25, 0.3) is 11.1 Å². The fraction of sp³-hybridized carbons (Fsp3) is 0.174. The van der Waals surface area contributed by atoms with E-state index in [0.717, 1.165) is 54.5 Å². The van der Waals surface area contributed by atoms with E-state index in [-0.39, 0.29) is 11.4 Å². The van der Waals surface area contributed by atoms with Gasteiger partial charge in [-0.2, -0.15) is 0 Å². The largest absolute Gasteiger partial charge is 0.468 e. The molecule has 0 spiro atoms. The monoisotopic (exact) mass is 498 g/mol. The number of carbonyl (C=O) groups excluding carboxylic acids is 3. The summed E-state index contributed by atoms with van der Waals surface area (Å²) in [5, 5.41) is 1.73. The molecule has 2 amide bonds. The third-order valence-corrected chi connectivity index (χ3v) is 6.83. The van der Waals surface area contributed by atoms with Gasteiger partial charge in [0.1, 0.15) is 6.54 Å². The summed E-state index contributed by atoms with van der Waals surface area (Å²) in [4.78, 5) is 37.6. The lowest BCUT2D eigenvalue weighted by atomic mass is 10.1. The molecule has 0 saturated carbocycles. The second-order valence-corrected chi connectivity index (χ2v) is 8.97. The van der Waals surface area contributed by atoms with Gasteiger partial charge in [-0.05, 0) is 60.8 Å². The maximum absolute atomic E-state index is 12.7. The standard InChI is InChI=1S/C23H19BrN2O4S/c1-13-10-15(11-20-22(28)25(23(29)31-20)12-21(27)30-3)14(2)26(13)19-9-8-18(24)16-6-4-5-7-17(16)19/h4-11H,12H2,1-3H3/b20-11-. The quantitative estimate of drug-likeness (QED) is 0.364. The molecule has 0 atom stereocenters. The van der Waals surface area contributed by atoms with Crippen LogP contribution in [0.2, 0.25) is 0 Å². The highest BCUT2D eigenvalue weighted by atomic mass is 79.9. The summed E-state index contributed by atoms with van der Waals surface area (Å²) in [6.45, 7) is 3.60.